The highest BCUT2D eigenvalue weighted by Gasteiger charge is 2.31. The number of likely N-dealkylation sites (N-methyl/N-ethyl adjacent to an activating group) is 1. The molecule has 0 saturated carbocycles. The number of hydrogen-bond donors (Lipinski definition) is 0. The Balaban J connectivity index is 2.01. The van der Waals surface area contributed by atoms with Crippen LogP contribution in [0.25, 0.3) is 0 Å². The molecule has 0 N–H and O–H groups in total. The Morgan fingerprint density at radius 3 is 2.43 bits per heavy atom. The van der Waals surface area contributed by atoms with E-state index in [9.17, 15) is 9.59 Å². The fourth-order valence-electron chi connectivity index (χ4n) is 2.70. The molecule has 1 aliphatic heterocycles. The Hall–Kier alpha value is -2.15. The van der Waals surface area contributed by atoms with E-state index in [1.165, 1.54) is 0 Å². The lowest BCUT2D eigenvalue weighted by Gasteiger charge is -2.37. The second kappa shape index (κ2) is 7.92. The van der Waals surface area contributed by atoms with Gasteiger partial charge in [0.05, 0.1) is 6.61 Å². The molecule has 0 bridgehead atoms. The van der Waals surface area contributed by atoms with Crippen LogP contribution in [0.15, 0.2) is 24.5 Å². The van der Waals surface area contributed by atoms with Crippen LogP contribution in [-0.2, 0) is 9.53 Å². The zero-order chi connectivity index (χ0) is 16.8. The summed E-state index contributed by atoms with van der Waals surface area (Å²) in [6.07, 6.45) is 3.10. The number of aromatic nitrogens is 1. The zero-order valence-electron chi connectivity index (χ0n) is 13.9. The molecule has 1 fully saturated rings. The van der Waals surface area contributed by atoms with Gasteiger partial charge in [-0.3, -0.25) is 14.7 Å². The number of nitrogens with zero attached hydrogens (tertiary/aromatic N) is 4. The van der Waals surface area contributed by atoms with Gasteiger partial charge in [-0.15, -0.1) is 0 Å². The molecule has 0 radical (unpaired) electrons. The summed E-state index contributed by atoms with van der Waals surface area (Å²) in [6, 6.07) is 3.38. The molecule has 1 aliphatic rings. The molecular weight excluding hydrogens is 296 g/mol. The summed E-state index contributed by atoms with van der Waals surface area (Å²) < 4.78 is 5.00. The van der Waals surface area contributed by atoms with Gasteiger partial charge in [-0.05, 0) is 32.6 Å². The third kappa shape index (κ3) is 4.19. The van der Waals surface area contributed by atoms with Crippen LogP contribution < -0.4 is 0 Å². The van der Waals surface area contributed by atoms with Gasteiger partial charge in [0.1, 0.15) is 6.04 Å². The Bertz CT molecular complexity index is 527. The standard InChI is InChI=1S/C16H24N4O3/c1-4-23-16(22)20-10-8-19(9-11-20)15(21)14(18(2)3)13-6-5-7-17-12-13/h5-7,12,14H,4,8-11H2,1-3H3. The van der Waals surface area contributed by atoms with Gasteiger partial charge in [-0.1, -0.05) is 6.07 Å². The molecule has 7 nitrogen and oxygen atoms in total. The summed E-state index contributed by atoms with van der Waals surface area (Å²) >= 11 is 0. The number of hydrogen-bond acceptors (Lipinski definition) is 5. The Morgan fingerprint density at radius 2 is 1.91 bits per heavy atom. The molecule has 7 heteroatoms. The monoisotopic (exact) mass is 320 g/mol. The first kappa shape index (κ1) is 17.2. The predicted molar refractivity (Wildman–Crippen MR) is 85.8 cm³/mol. The molecule has 0 spiro atoms. The van der Waals surface area contributed by atoms with Crippen molar-refractivity contribution in [3.8, 4) is 0 Å². The van der Waals surface area contributed by atoms with E-state index in [-0.39, 0.29) is 18.0 Å². The topological polar surface area (TPSA) is 66.0 Å². The number of carbonyl (C=O) groups excluding carboxylic acids is 2. The van der Waals surface area contributed by atoms with Crippen LogP contribution in [0.3, 0.4) is 0 Å². The quantitative estimate of drug-likeness (QED) is 0.827. The summed E-state index contributed by atoms with van der Waals surface area (Å²) in [5, 5.41) is 0. The van der Waals surface area contributed by atoms with E-state index in [0.717, 1.165) is 5.56 Å². The largest absolute Gasteiger partial charge is 0.450 e. The number of rotatable bonds is 4. The first-order chi connectivity index (χ1) is 11.0. The Kier molecular flexibility index (Phi) is 5.92. The fraction of sp³-hybridized carbons (Fsp3) is 0.562. The van der Waals surface area contributed by atoms with E-state index in [0.29, 0.717) is 32.8 Å². The molecule has 1 unspecified atom stereocenters. The second-order valence-corrected chi connectivity index (χ2v) is 5.66. The maximum atomic E-state index is 12.9. The Morgan fingerprint density at radius 1 is 1.26 bits per heavy atom. The lowest BCUT2D eigenvalue weighted by molar-refractivity contribution is -0.138. The fourth-order valence-corrected chi connectivity index (χ4v) is 2.70. The molecule has 2 heterocycles. The second-order valence-electron chi connectivity index (χ2n) is 5.66. The lowest BCUT2D eigenvalue weighted by atomic mass is 10.1. The third-order valence-electron chi connectivity index (χ3n) is 3.87. The molecule has 1 saturated heterocycles. The van der Waals surface area contributed by atoms with Gasteiger partial charge in [-0.25, -0.2) is 4.79 Å². The molecule has 126 valence electrons. The SMILES string of the molecule is CCOC(=O)N1CCN(C(=O)C(c2cccnc2)N(C)C)CC1. The minimum absolute atomic E-state index is 0.0338. The molecular formula is C16H24N4O3. The van der Waals surface area contributed by atoms with Crippen LogP contribution >= 0.6 is 0 Å². The van der Waals surface area contributed by atoms with Gasteiger partial charge in [0.25, 0.3) is 0 Å². The van der Waals surface area contributed by atoms with Crippen molar-refractivity contribution in [2.45, 2.75) is 13.0 Å². The summed E-state index contributed by atoms with van der Waals surface area (Å²) in [5.74, 6) is 0.0338. The van der Waals surface area contributed by atoms with Gasteiger partial charge >= 0.3 is 6.09 Å². The van der Waals surface area contributed by atoms with Gasteiger partial charge in [-0.2, -0.15) is 0 Å². The summed E-state index contributed by atoms with van der Waals surface area (Å²) in [6.45, 7) is 4.18. The number of ether oxygens (including phenoxy) is 1. The van der Waals surface area contributed by atoms with Gasteiger partial charge in [0, 0.05) is 38.6 Å². The maximum Gasteiger partial charge on any atom is 0.409 e. The molecule has 0 aromatic carbocycles. The van der Waals surface area contributed by atoms with Crippen molar-refractivity contribution in [3.63, 3.8) is 0 Å². The molecule has 2 amide bonds. The number of amides is 2. The molecule has 2 rings (SSSR count). The van der Waals surface area contributed by atoms with Crippen molar-refractivity contribution in [3.05, 3.63) is 30.1 Å². The number of pyridine rings is 1. The predicted octanol–water partition coefficient (Wildman–Crippen LogP) is 0.985. The highest BCUT2D eigenvalue weighted by atomic mass is 16.6. The molecule has 0 aliphatic carbocycles. The molecule has 23 heavy (non-hydrogen) atoms. The number of piperazine rings is 1. The van der Waals surface area contributed by atoms with Crippen molar-refractivity contribution in [2.75, 3.05) is 46.9 Å². The van der Waals surface area contributed by atoms with Crippen molar-refractivity contribution < 1.29 is 14.3 Å². The van der Waals surface area contributed by atoms with E-state index in [1.54, 1.807) is 29.1 Å². The van der Waals surface area contributed by atoms with Crippen molar-refractivity contribution in [2.24, 2.45) is 0 Å². The first-order valence-electron chi connectivity index (χ1n) is 7.81. The molecule has 1 atom stereocenters. The summed E-state index contributed by atoms with van der Waals surface area (Å²) in [5.41, 5.74) is 0.871. The zero-order valence-corrected chi connectivity index (χ0v) is 13.9. The number of carbonyl (C=O) groups is 2. The van der Waals surface area contributed by atoms with Gasteiger partial charge in [0.15, 0.2) is 0 Å². The minimum Gasteiger partial charge on any atom is -0.450 e. The van der Waals surface area contributed by atoms with Crippen LogP contribution in [0.5, 0.6) is 0 Å². The van der Waals surface area contributed by atoms with E-state index in [2.05, 4.69) is 4.98 Å². The molecule has 1 aromatic heterocycles. The van der Waals surface area contributed by atoms with E-state index in [4.69, 9.17) is 4.74 Å². The van der Waals surface area contributed by atoms with Crippen LogP contribution in [0.4, 0.5) is 4.79 Å². The highest BCUT2D eigenvalue weighted by molar-refractivity contribution is 5.83. The van der Waals surface area contributed by atoms with Crippen LogP contribution in [0.2, 0.25) is 0 Å². The highest BCUT2D eigenvalue weighted by Crippen LogP contribution is 2.21. The average Bonchev–Trinajstić information content (AvgIpc) is 2.56. The van der Waals surface area contributed by atoms with E-state index < -0.39 is 0 Å². The van der Waals surface area contributed by atoms with Gasteiger partial charge < -0.3 is 14.5 Å². The third-order valence-corrected chi connectivity index (χ3v) is 3.87. The van der Waals surface area contributed by atoms with Crippen molar-refractivity contribution >= 4 is 12.0 Å². The first-order valence-corrected chi connectivity index (χ1v) is 7.81. The van der Waals surface area contributed by atoms with Crippen LogP contribution in [-0.4, -0.2) is 78.6 Å². The van der Waals surface area contributed by atoms with E-state index >= 15 is 0 Å². The van der Waals surface area contributed by atoms with Crippen LogP contribution in [0.1, 0.15) is 18.5 Å². The lowest BCUT2D eigenvalue weighted by Crippen LogP contribution is -2.53. The summed E-state index contributed by atoms with van der Waals surface area (Å²) in [7, 11) is 3.76. The average molecular weight is 320 g/mol. The smallest absolute Gasteiger partial charge is 0.409 e. The van der Waals surface area contributed by atoms with E-state index in [1.807, 2.05) is 31.1 Å². The normalized spacial score (nSPS) is 16.3. The molecule has 1 aromatic rings. The summed E-state index contributed by atoms with van der Waals surface area (Å²) in [4.78, 5) is 34.0. The van der Waals surface area contributed by atoms with Crippen LogP contribution in [0, 0.1) is 0 Å². The maximum absolute atomic E-state index is 12.9. The van der Waals surface area contributed by atoms with Crippen molar-refractivity contribution in [1.82, 2.24) is 19.7 Å². The Labute approximate surface area is 136 Å². The van der Waals surface area contributed by atoms with Gasteiger partial charge in [0.2, 0.25) is 5.91 Å². The van der Waals surface area contributed by atoms with Crippen molar-refractivity contribution in [1.29, 1.82) is 0 Å². The minimum atomic E-state index is -0.363.